The molecule has 0 aromatic heterocycles. The second-order valence-electron chi connectivity index (χ2n) is 5.01. The zero-order valence-corrected chi connectivity index (χ0v) is 15.0. The first-order chi connectivity index (χ1) is 10.1. The lowest BCUT2D eigenvalue weighted by Crippen LogP contribution is -2.22. The van der Waals surface area contributed by atoms with Crippen LogP contribution in [0.5, 0.6) is 0 Å². The molecule has 0 saturated carbocycles. The maximum absolute atomic E-state index is 13.3. The van der Waals surface area contributed by atoms with Crippen molar-refractivity contribution in [2.45, 2.75) is 19.3 Å². The number of hydrogen-bond acceptors (Lipinski definition) is 1. The van der Waals surface area contributed by atoms with Gasteiger partial charge in [0, 0.05) is 16.9 Å². The van der Waals surface area contributed by atoms with E-state index in [1.807, 2.05) is 18.2 Å². The molecule has 21 heavy (non-hydrogen) atoms. The Morgan fingerprint density at radius 3 is 2.62 bits per heavy atom. The molecule has 112 valence electrons. The summed E-state index contributed by atoms with van der Waals surface area (Å²) in [5.74, 6) is 0.143. The molecule has 1 nitrogen and oxygen atoms in total. The Morgan fingerprint density at radius 1 is 1.14 bits per heavy atom. The van der Waals surface area contributed by atoms with Gasteiger partial charge in [-0.1, -0.05) is 41.1 Å². The van der Waals surface area contributed by atoms with Crippen LogP contribution in [-0.4, -0.2) is 13.1 Å². The smallest absolute Gasteiger partial charge is 0.137 e. The van der Waals surface area contributed by atoms with Crippen molar-refractivity contribution in [3.05, 3.63) is 68.4 Å². The molecule has 2 aromatic rings. The predicted octanol–water partition coefficient (Wildman–Crippen LogP) is 5.29. The van der Waals surface area contributed by atoms with Crippen LogP contribution in [0.1, 0.15) is 24.0 Å². The molecule has 1 N–H and O–H groups in total. The Morgan fingerprint density at radius 2 is 1.95 bits per heavy atom. The minimum Gasteiger partial charge on any atom is -0.316 e. The number of likely N-dealkylation sites (N-methyl/N-ethyl adjacent to an activating group) is 1. The summed E-state index contributed by atoms with van der Waals surface area (Å²) in [5.41, 5.74) is 2.41. The average molecular weight is 415 g/mol. The molecule has 0 heterocycles. The predicted molar refractivity (Wildman–Crippen MR) is 93.2 cm³/mol. The van der Waals surface area contributed by atoms with Crippen molar-refractivity contribution in [1.82, 2.24) is 5.32 Å². The van der Waals surface area contributed by atoms with Gasteiger partial charge in [0.2, 0.25) is 0 Å². The van der Waals surface area contributed by atoms with E-state index in [9.17, 15) is 4.39 Å². The molecule has 0 fully saturated rings. The van der Waals surface area contributed by atoms with Crippen molar-refractivity contribution >= 4 is 31.9 Å². The molecule has 2 aromatic carbocycles. The van der Waals surface area contributed by atoms with Crippen molar-refractivity contribution in [1.29, 1.82) is 0 Å². The Labute approximate surface area is 142 Å². The summed E-state index contributed by atoms with van der Waals surface area (Å²) >= 11 is 6.79. The Bertz CT molecular complexity index is 601. The summed E-state index contributed by atoms with van der Waals surface area (Å²) < 4.78 is 15.0. The third kappa shape index (κ3) is 4.90. The van der Waals surface area contributed by atoms with Gasteiger partial charge in [-0.25, -0.2) is 4.39 Å². The maximum atomic E-state index is 13.3. The second kappa shape index (κ2) is 8.06. The van der Waals surface area contributed by atoms with E-state index in [4.69, 9.17) is 0 Å². The van der Waals surface area contributed by atoms with E-state index in [0.29, 0.717) is 10.4 Å². The largest absolute Gasteiger partial charge is 0.316 e. The van der Waals surface area contributed by atoms with Gasteiger partial charge in [0.15, 0.2) is 0 Å². The molecule has 4 heteroatoms. The normalized spacial score (nSPS) is 12.4. The van der Waals surface area contributed by atoms with Gasteiger partial charge in [0.05, 0.1) is 4.47 Å². The van der Waals surface area contributed by atoms with E-state index in [0.717, 1.165) is 29.5 Å². The lowest BCUT2D eigenvalue weighted by atomic mass is 9.92. The summed E-state index contributed by atoms with van der Waals surface area (Å²) in [6, 6.07) is 13.6. The topological polar surface area (TPSA) is 12.0 Å². The van der Waals surface area contributed by atoms with E-state index < -0.39 is 0 Å². The van der Waals surface area contributed by atoms with Crippen LogP contribution >= 0.6 is 31.9 Å². The van der Waals surface area contributed by atoms with E-state index >= 15 is 0 Å². The summed E-state index contributed by atoms with van der Waals surface area (Å²) in [7, 11) is 0. The van der Waals surface area contributed by atoms with Crippen molar-refractivity contribution in [3.63, 3.8) is 0 Å². The molecule has 1 unspecified atom stereocenters. The van der Waals surface area contributed by atoms with E-state index in [-0.39, 0.29) is 5.82 Å². The second-order valence-corrected chi connectivity index (χ2v) is 6.78. The van der Waals surface area contributed by atoms with Crippen molar-refractivity contribution in [2.75, 3.05) is 13.1 Å². The van der Waals surface area contributed by atoms with E-state index in [1.165, 1.54) is 11.6 Å². The van der Waals surface area contributed by atoms with Gasteiger partial charge < -0.3 is 5.32 Å². The van der Waals surface area contributed by atoms with Gasteiger partial charge in [-0.2, -0.15) is 0 Å². The molecule has 0 aliphatic heterocycles. The maximum Gasteiger partial charge on any atom is 0.137 e. The molecule has 0 radical (unpaired) electrons. The van der Waals surface area contributed by atoms with Crippen molar-refractivity contribution < 1.29 is 4.39 Å². The number of nitrogens with one attached hydrogen (secondary N) is 1. The number of hydrogen-bond donors (Lipinski definition) is 1. The van der Waals surface area contributed by atoms with E-state index in [2.05, 4.69) is 62.3 Å². The summed E-state index contributed by atoms with van der Waals surface area (Å²) in [4.78, 5) is 0. The molecule has 0 spiro atoms. The minimum absolute atomic E-state index is 0.218. The van der Waals surface area contributed by atoms with Gasteiger partial charge in [-0.05, 0) is 64.3 Å². The Kier molecular flexibility index (Phi) is 6.40. The quantitative estimate of drug-likeness (QED) is 0.677. The summed E-state index contributed by atoms with van der Waals surface area (Å²) in [6.07, 6.45) is 0.877. The van der Waals surface area contributed by atoms with Gasteiger partial charge in [0.1, 0.15) is 5.82 Å². The molecule has 0 aliphatic rings. The van der Waals surface area contributed by atoms with Gasteiger partial charge in [-0.3, -0.25) is 0 Å². The summed E-state index contributed by atoms with van der Waals surface area (Å²) in [5, 5.41) is 3.41. The highest BCUT2D eigenvalue weighted by Gasteiger charge is 2.13. The monoisotopic (exact) mass is 413 g/mol. The molecule has 0 bridgehead atoms. The van der Waals surface area contributed by atoms with Crippen LogP contribution in [-0.2, 0) is 6.42 Å². The lowest BCUT2D eigenvalue weighted by molar-refractivity contribution is 0.591. The molecule has 0 amide bonds. The first-order valence-electron chi connectivity index (χ1n) is 7.00. The standard InChI is InChI=1S/C17H18Br2FN/c1-2-21-11-14(13-4-3-5-15(18)10-13)8-12-6-7-17(20)16(19)9-12/h3-7,9-10,14,21H,2,8,11H2,1H3. The van der Waals surface area contributed by atoms with Crippen LogP contribution < -0.4 is 5.32 Å². The highest BCUT2D eigenvalue weighted by Crippen LogP contribution is 2.25. The van der Waals surface area contributed by atoms with Gasteiger partial charge in [-0.15, -0.1) is 0 Å². The SMILES string of the molecule is CCNCC(Cc1ccc(F)c(Br)c1)c1cccc(Br)c1. The van der Waals surface area contributed by atoms with Gasteiger partial charge >= 0.3 is 0 Å². The van der Waals surface area contributed by atoms with Gasteiger partial charge in [0.25, 0.3) is 0 Å². The molecule has 0 aliphatic carbocycles. The fraction of sp³-hybridized carbons (Fsp3) is 0.294. The Balaban J connectivity index is 2.21. The molecule has 2 rings (SSSR count). The molecule has 0 saturated heterocycles. The highest BCUT2D eigenvalue weighted by molar-refractivity contribution is 9.10. The van der Waals surface area contributed by atoms with Crippen LogP contribution in [0.15, 0.2) is 51.4 Å². The lowest BCUT2D eigenvalue weighted by Gasteiger charge is -2.18. The zero-order chi connectivity index (χ0) is 15.2. The van der Waals surface area contributed by atoms with E-state index in [1.54, 1.807) is 0 Å². The zero-order valence-electron chi connectivity index (χ0n) is 11.9. The van der Waals surface area contributed by atoms with Crippen LogP contribution in [0, 0.1) is 5.82 Å². The van der Waals surface area contributed by atoms with Crippen LogP contribution in [0.3, 0.4) is 0 Å². The van der Waals surface area contributed by atoms with Crippen molar-refractivity contribution in [2.24, 2.45) is 0 Å². The molecule has 1 atom stereocenters. The number of benzene rings is 2. The first kappa shape index (κ1) is 16.7. The van der Waals surface area contributed by atoms with Crippen molar-refractivity contribution in [3.8, 4) is 0 Å². The number of rotatable bonds is 6. The first-order valence-corrected chi connectivity index (χ1v) is 8.59. The fourth-order valence-corrected chi connectivity index (χ4v) is 3.18. The third-order valence-electron chi connectivity index (χ3n) is 3.43. The molecular formula is C17H18Br2FN. The summed E-state index contributed by atoms with van der Waals surface area (Å²) in [6.45, 7) is 3.95. The number of halogens is 3. The third-order valence-corrected chi connectivity index (χ3v) is 4.53. The highest BCUT2D eigenvalue weighted by atomic mass is 79.9. The van der Waals surface area contributed by atoms with Crippen LogP contribution in [0.25, 0.3) is 0 Å². The van der Waals surface area contributed by atoms with Crippen LogP contribution in [0.4, 0.5) is 4.39 Å². The molecular weight excluding hydrogens is 397 g/mol. The van der Waals surface area contributed by atoms with Crippen LogP contribution in [0.2, 0.25) is 0 Å². The Hall–Kier alpha value is -0.710. The average Bonchev–Trinajstić information content (AvgIpc) is 2.47. The fourth-order valence-electron chi connectivity index (χ4n) is 2.34. The minimum atomic E-state index is -0.218.